The number of halogens is 2. The Morgan fingerprint density at radius 3 is 2.56 bits per heavy atom. The van der Waals surface area contributed by atoms with Crippen LogP contribution in [0.5, 0.6) is 5.75 Å². The van der Waals surface area contributed by atoms with E-state index < -0.39 is 11.6 Å². The third-order valence-corrected chi connectivity index (χ3v) is 6.14. The summed E-state index contributed by atoms with van der Waals surface area (Å²) in [4.78, 5) is 0. The van der Waals surface area contributed by atoms with Gasteiger partial charge in [-0.25, -0.2) is 8.78 Å². The molecule has 0 bridgehead atoms. The highest BCUT2D eigenvalue weighted by Gasteiger charge is 2.31. The molecule has 3 heteroatoms. The molecule has 1 nitrogen and oxygen atoms in total. The van der Waals surface area contributed by atoms with Crippen molar-refractivity contribution in [2.45, 2.75) is 39.0 Å². The standard InChI is InChI=1S/C22H24F2O/c1-3-14-4-6-15(7-5-14)18-11-17-9-8-16-10-13(2)20(23)21(24)19(16)22(17)25-12-18/h3,8-10,14-15,18H,1,4-7,11-12H2,2H3. The van der Waals surface area contributed by atoms with Crippen molar-refractivity contribution < 1.29 is 13.5 Å². The van der Waals surface area contributed by atoms with Crippen LogP contribution in [0.1, 0.15) is 36.8 Å². The molecule has 2 aromatic rings. The van der Waals surface area contributed by atoms with E-state index in [1.54, 1.807) is 13.0 Å². The van der Waals surface area contributed by atoms with Gasteiger partial charge in [0.25, 0.3) is 0 Å². The van der Waals surface area contributed by atoms with Crippen molar-refractivity contribution in [3.8, 4) is 5.75 Å². The summed E-state index contributed by atoms with van der Waals surface area (Å²) in [5.41, 5.74) is 1.34. The Morgan fingerprint density at radius 2 is 1.84 bits per heavy atom. The first-order chi connectivity index (χ1) is 12.1. The maximum Gasteiger partial charge on any atom is 0.170 e. The summed E-state index contributed by atoms with van der Waals surface area (Å²) in [7, 11) is 0. The number of benzene rings is 2. The van der Waals surface area contributed by atoms with Gasteiger partial charge in [0.1, 0.15) is 5.75 Å². The Kier molecular flexibility index (Phi) is 4.26. The van der Waals surface area contributed by atoms with Crippen LogP contribution < -0.4 is 4.74 Å². The number of fused-ring (bicyclic) bond motifs is 3. The van der Waals surface area contributed by atoms with Gasteiger partial charge in [-0.2, -0.15) is 0 Å². The highest BCUT2D eigenvalue weighted by atomic mass is 19.2. The molecule has 25 heavy (non-hydrogen) atoms. The van der Waals surface area contributed by atoms with Crippen LogP contribution >= 0.6 is 0 Å². The molecule has 2 aromatic carbocycles. The molecule has 0 N–H and O–H groups in total. The Labute approximate surface area is 147 Å². The van der Waals surface area contributed by atoms with E-state index in [4.69, 9.17) is 4.74 Å². The fraction of sp³-hybridized carbons (Fsp3) is 0.455. The lowest BCUT2D eigenvalue weighted by molar-refractivity contribution is 0.136. The molecular weight excluding hydrogens is 318 g/mol. The number of aryl methyl sites for hydroxylation is 1. The quantitative estimate of drug-likeness (QED) is 0.611. The Morgan fingerprint density at radius 1 is 1.08 bits per heavy atom. The van der Waals surface area contributed by atoms with Gasteiger partial charge in [0.05, 0.1) is 12.0 Å². The summed E-state index contributed by atoms with van der Waals surface area (Å²) in [6.07, 6.45) is 7.78. The number of allylic oxidation sites excluding steroid dienone is 1. The zero-order valence-corrected chi connectivity index (χ0v) is 14.7. The van der Waals surface area contributed by atoms with Crippen molar-refractivity contribution in [1.82, 2.24) is 0 Å². The molecular formula is C22H24F2O. The van der Waals surface area contributed by atoms with Gasteiger partial charge in [-0.1, -0.05) is 18.2 Å². The van der Waals surface area contributed by atoms with E-state index in [-0.39, 0.29) is 0 Å². The van der Waals surface area contributed by atoms with E-state index in [9.17, 15) is 8.78 Å². The number of hydrogen-bond donors (Lipinski definition) is 0. The molecule has 0 spiro atoms. The fourth-order valence-electron chi connectivity index (χ4n) is 4.58. The van der Waals surface area contributed by atoms with E-state index >= 15 is 0 Å². The van der Waals surface area contributed by atoms with Gasteiger partial charge in [-0.05, 0) is 79.4 Å². The first-order valence-corrected chi connectivity index (χ1v) is 9.24. The second-order valence-corrected chi connectivity index (χ2v) is 7.66. The molecule has 1 atom stereocenters. The minimum absolute atomic E-state index is 0.300. The summed E-state index contributed by atoms with van der Waals surface area (Å²) >= 11 is 0. The lowest BCUT2D eigenvalue weighted by Crippen LogP contribution is -2.30. The van der Waals surface area contributed by atoms with Gasteiger partial charge in [0, 0.05) is 0 Å². The molecule has 1 fully saturated rings. The van der Waals surface area contributed by atoms with Crippen molar-refractivity contribution in [3.05, 3.63) is 53.6 Å². The summed E-state index contributed by atoms with van der Waals surface area (Å²) in [6, 6.07) is 5.61. The van der Waals surface area contributed by atoms with Gasteiger partial charge in [0.15, 0.2) is 11.6 Å². The predicted octanol–water partition coefficient (Wildman–Crippen LogP) is 5.97. The van der Waals surface area contributed by atoms with Crippen LogP contribution in [0.15, 0.2) is 30.9 Å². The Balaban J connectivity index is 1.63. The van der Waals surface area contributed by atoms with Gasteiger partial charge < -0.3 is 4.74 Å². The summed E-state index contributed by atoms with van der Waals surface area (Å²) < 4.78 is 34.6. The van der Waals surface area contributed by atoms with Crippen LogP contribution in [0.25, 0.3) is 10.8 Å². The number of ether oxygens (including phenoxy) is 1. The zero-order valence-electron chi connectivity index (χ0n) is 14.7. The molecule has 1 unspecified atom stereocenters. The second-order valence-electron chi connectivity index (χ2n) is 7.66. The topological polar surface area (TPSA) is 9.23 Å². The molecule has 2 aliphatic rings. The van der Waals surface area contributed by atoms with Gasteiger partial charge in [0.2, 0.25) is 0 Å². The molecule has 0 amide bonds. The van der Waals surface area contributed by atoms with Crippen LogP contribution in [0.4, 0.5) is 8.78 Å². The van der Waals surface area contributed by atoms with E-state index in [0.29, 0.717) is 46.4 Å². The summed E-state index contributed by atoms with van der Waals surface area (Å²) in [5, 5.41) is 1.01. The minimum Gasteiger partial charge on any atom is -0.492 e. The van der Waals surface area contributed by atoms with Crippen molar-refractivity contribution in [3.63, 3.8) is 0 Å². The van der Waals surface area contributed by atoms with Crippen LogP contribution in [0.2, 0.25) is 0 Å². The normalized spacial score (nSPS) is 26.1. The molecule has 1 heterocycles. The monoisotopic (exact) mass is 342 g/mol. The molecule has 1 saturated carbocycles. The SMILES string of the molecule is C=CC1CCC(C2COc3c(ccc4cc(C)c(F)c(F)c34)C2)CC1. The molecule has 0 radical (unpaired) electrons. The summed E-state index contributed by atoms with van der Waals surface area (Å²) in [5.74, 6) is 0.766. The first kappa shape index (κ1) is 16.6. The maximum atomic E-state index is 14.5. The van der Waals surface area contributed by atoms with Crippen LogP contribution in [0, 0.1) is 36.3 Å². The van der Waals surface area contributed by atoms with E-state index in [1.807, 2.05) is 12.1 Å². The lowest BCUT2D eigenvalue weighted by atomic mass is 9.73. The molecule has 4 rings (SSSR count). The lowest BCUT2D eigenvalue weighted by Gasteiger charge is -2.36. The smallest absolute Gasteiger partial charge is 0.170 e. The zero-order chi connectivity index (χ0) is 17.6. The highest BCUT2D eigenvalue weighted by Crippen LogP contribution is 2.42. The third-order valence-electron chi connectivity index (χ3n) is 6.14. The van der Waals surface area contributed by atoms with E-state index in [1.165, 1.54) is 25.7 Å². The second kappa shape index (κ2) is 6.44. The predicted molar refractivity (Wildman–Crippen MR) is 96.9 cm³/mol. The molecule has 1 aliphatic carbocycles. The Hall–Kier alpha value is -1.90. The van der Waals surface area contributed by atoms with Crippen LogP contribution in [-0.4, -0.2) is 6.61 Å². The number of rotatable bonds is 2. The molecule has 0 saturated heterocycles. The van der Waals surface area contributed by atoms with E-state index in [2.05, 4.69) is 12.7 Å². The Bertz CT molecular complexity index is 819. The third kappa shape index (κ3) is 2.84. The van der Waals surface area contributed by atoms with Crippen molar-refractivity contribution >= 4 is 10.8 Å². The maximum absolute atomic E-state index is 14.5. The fourth-order valence-corrected chi connectivity index (χ4v) is 4.58. The minimum atomic E-state index is -0.781. The highest BCUT2D eigenvalue weighted by molar-refractivity contribution is 5.91. The first-order valence-electron chi connectivity index (χ1n) is 9.24. The van der Waals surface area contributed by atoms with Crippen molar-refractivity contribution in [2.75, 3.05) is 6.61 Å². The average Bonchev–Trinajstić information content (AvgIpc) is 2.65. The van der Waals surface area contributed by atoms with Crippen LogP contribution in [0.3, 0.4) is 0 Å². The molecule has 132 valence electrons. The van der Waals surface area contributed by atoms with Crippen molar-refractivity contribution in [1.29, 1.82) is 0 Å². The van der Waals surface area contributed by atoms with Gasteiger partial charge in [-0.15, -0.1) is 6.58 Å². The van der Waals surface area contributed by atoms with E-state index in [0.717, 1.165) is 12.0 Å². The van der Waals surface area contributed by atoms with Crippen molar-refractivity contribution in [2.24, 2.45) is 17.8 Å². The van der Waals surface area contributed by atoms with Gasteiger partial charge >= 0.3 is 0 Å². The molecule has 1 aliphatic heterocycles. The largest absolute Gasteiger partial charge is 0.492 e. The van der Waals surface area contributed by atoms with Gasteiger partial charge in [-0.3, -0.25) is 0 Å². The summed E-state index contributed by atoms with van der Waals surface area (Å²) in [6.45, 7) is 6.10. The molecule has 0 aromatic heterocycles. The van der Waals surface area contributed by atoms with Crippen LogP contribution in [-0.2, 0) is 6.42 Å². The average molecular weight is 342 g/mol. The number of hydrogen-bond acceptors (Lipinski definition) is 1.